The average molecular weight is 933 g/mol. The predicted octanol–water partition coefficient (Wildman–Crippen LogP) is 10.8. The Kier molecular flexibility index (Phi) is 14.0. The second kappa shape index (κ2) is 19.4. The third-order valence-corrected chi connectivity index (χ3v) is 10.3. The Labute approximate surface area is 399 Å². The van der Waals surface area contributed by atoms with Crippen molar-refractivity contribution in [1.82, 2.24) is 34.5 Å². The van der Waals surface area contributed by atoms with E-state index < -0.39 is 16.2 Å². The number of allylic oxidation sites excluding steroid dienone is 1. The highest BCUT2D eigenvalue weighted by Crippen LogP contribution is 2.40. The van der Waals surface area contributed by atoms with Crippen LogP contribution in [0.2, 0.25) is 0 Å². The number of nitrogens with one attached hydrogen (secondary N) is 2. The molecule has 0 amide bonds. The van der Waals surface area contributed by atoms with Gasteiger partial charge >= 0.3 is 0 Å². The van der Waals surface area contributed by atoms with E-state index >= 15 is 0 Å². The van der Waals surface area contributed by atoms with Crippen molar-refractivity contribution >= 4 is 69.1 Å². The second-order valence-corrected chi connectivity index (χ2v) is 19.1. The fraction of sp³-hybridized carbons (Fsp3) is 0.312. The number of carbonyl (C=O) groups excluding carboxylic acids is 3. The van der Waals surface area contributed by atoms with Crippen LogP contribution in [0.3, 0.4) is 0 Å². The summed E-state index contributed by atoms with van der Waals surface area (Å²) in [5.74, 6) is -1.36. The lowest BCUT2D eigenvalue weighted by molar-refractivity contribution is 0.101. The monoisotopic (exact) mass is 932 g/mol. The molecule has 3 aromatic carbocycles. The van der Waals surface area contributed by atoms with Crippen LogP contribution in [0.15, 0.2) is 115 Å². The molecule has 69 heavy (non-hydrogen) atoms. The molecule has 0 spiro atoms. The molecule has 0 saturated carbocycles. The number of anilines is 3. The summed E-state index contributed by atoms with van der Waals surface area (Å²) in [6.07, 6.45) is 0. The molecule has 21 nitrogen and oxygen atoms in total. The summed E-state index contributed by atoms with van der Waals surface area (Å²) in [6, 6.07) is 20.2. The number of ketones is 3. The highest BCUT2D eigenvalue weighted by molar-refractivity contribution is 6.02. The minimum atomic E-state index is -0.790. The molecule has 21 heteroatoms. The van der Waals surface area contributed by atoms with Gasteiger partial charge in [-0.1, -0.05) is 98.7 Å². The van der Waals surface area contributed by atoms with Gasteiger partial charge in [-0.15, -0.1) is 30.7 Å². The first-order valence-electron chi connectivity index (χ1n) is 21.7. The van der Waals surface area contributed by atoms with Gasteiger partial charge in [0.2, 0.25) is 5.95 Å². The van der Waals surface area contributed by atoms with Crippen LogP contribution < -0.4 is 22.5 Å². The first-order valence-corrected chi connectivity index (χ1v) is 21.7. The van der Waals surface area contributed by atoms with Gasteiger partial charge in [0.05, 0.1) is 34.2 Å². The number of carbonyl (C=O) groups is 3. The maximum atomic E-state index is 12.5. The van der Waals surface area contributed by atoms with Gasteiger partial charge in [-0.25, -0.2) is 0 Å². The lowest BCUT2D eigenvalue weighted by Crippen LogP contribution is -2.26. The van der Waals surface area contributed by atoms with Crippen LogP contribution in [0.5, 0.6) is 0 Å². The zero-order valence-corrected chi connectivity index (χ0v) is 40.7. The molecule has 0 aliphatic carbocycles. The number of nitrogens with two attached hydrogens (primary N) is 3. The van der Waals surface area contributed by atoms with E-state index in [1.807, 2.05) is 62.3 Å². The van der Waals surface area contributed by atoms with Crippen molar-refractivity contribution in [2.75, 3.05) is 16.8 Å². The van der Waals surface area contributed by atoms with Gasteiger partial charge in [-0.3, -0.25) is 14.4 Å². The van der Waals surface area contributed by atoms with E-state index in [0.29, 0.717) is 39.5 Å². The summed E-state index contributed by atoms with van der Waals surface area (Å²) in [6.45, 7) is 21.2. The Hall–Kier alpha value is -8.49. The Morgan fingerprint density at radius 3 is 1.28 bits per heavy atom. The predicted molar refractivity (Wildman–Crippen MR) is 265 cm³/mol. The molecule has 0 atom stereocenters. The van der Waals surface area contributed by atoms with Crippen LogP contribution in [0, 0.1) is 10.8 Å². The van der Waals surface area contributed by atoms with Crippen molar-refractivity contribution in [2.45, 2.75) is 93.9 Å². The quantitative estimate of drug-likeness (QED) is 0.0387. The zero-order chi connectivity index (χ0) is 50.7. The molecule has 6 rings (SSSR count). The highest BCUT2D eigenvalue weighted by atomic mass is 16.1. The fourth-order valence-corrected chi connectivity index (χ4v) is 6.62. The molecule has 0 unspecified atom stereocenters. The molecule has 0 bridgehead atoms. The van der Waals surface area contributed by atoms with Crippen LogP contribution in [0.4, 0.5) is 46.0 Å². The van der Waals surface area contributed by atoms with E-state index in [-0.39, 0.29) is 81.1 Å². The molecule has 6 aromatic rings. The molecule has 0 saturated heterocycles. The number of rotatable bonds is 14. The van der Waals surface area contributed by atoms with E-state index in [4.69, 9.17) is 47.8 Å². The van der Waals surface area contributed by atoms with Crippen molar-refractivity contribution < 1.29 is 14.4 Å². The molecule has 0 radical (unpaired) electrons. The Balaban J connectivity index is 1.61. The van der Waals surface area contributed by atoms with Crippen LogP contribution >= 0.6 is 0 Å². The van der Waals surface area contributed by atoms with Crippen molar-refractivity contribution in [3.05, 3.63) is 112 Å². The smallest absolute Gasteiger partial charge is 0.259 e. The maximum absolute atomic E-state index is 12.5. The van der Waals surface area contributed by atoms with Crippen LogP contribution in [0.1, 0.15) is 126 Å². The lowest BCUT2D eigenvalue weighted by atomic mass is 9.88. The van der Waals surface area contributed by atoms with Crippen molar-refractivity contribution in [1.29, 1.82) is 5.41 Å². The van der Waals surface area contributed by atoms with Crippen molar-refractivity contribution in [2.24, 2.45) is 41.8 Å². The third kappa shape index (κ3) is 11.0. The first-order chi connectivity index (χ1) is 32.3. The topological polar surface area (TPSA) is 314 Å². The molecular formula is C48H56N18O3. The van der Waals surface area contributed by atoms with Crippen molar-refractivity contribution in [3.63, 3.8) is 0 Å². The summed E-state index contributed by atoms with van der Waals surface area (Å²) in [5.41, 5.74) is 21.5. The van der Waals surface area contributed by atoms with Gasteiger partial charge < -0.3 is 27.9 Å². The minimum absolute atomic E-state index is 0.00830. The van der Waals surface area contributed by atoms with E-state index in [1.165, 1.54) is 30.1 Å². The Morgan fingerprint density at radius 1 is 0.565 bits per heavy atom. The van der Waals surface area contributed by atoms with Crippen LogP contribution in [-0.2, 0) is 10.8 Å². The van der Waals surface area contributed by atoms with E-state index in [1.54, 1.807) is 72.8 Å². The van der Waals surface area contributed by atoms with E-state index in [0.717, 1.165) is 0 Å². The maximum Gasteiger partial charge on any atom is 0.259 e. The summed E-state index contributed by atoms with van der Waals surface area (Å²) in [5, 5.41) is 48.5. The molecule has 3 heterocycles. The second-order valence-electron chi connectivity index (χ2n) is 19.1. The SMILES string of the molecule is CC(=O)c1ccccc1N=N/C(C(=N)C(C)(C)C)=C(\N)Nc1nc(-n2nc(C(C)(C)C)c(N=Nc3ccccc3C(C)=O)c2N)nc(-n2nc(C(C)(C)C)c(N=Nc3ccccc3C(C)=O)c2N)n1. The minimum Gasteiger partial charge on any atom is -0.383 e. The zero-order valence-electron chi connectivity index (χ0n) is 40.7. The Morgan fingerprint density at radius 2 is 0.928 bits per heavy atom. The number of azo groups is 3. The van der Waals surface area contributed by atoms with Gasteiger partial charge in [-0.05, 0) is 57.2 Å². The van der Waals surface area contributed by atoms with Gasteiger partial charge in [0.1, 0.15) is 11.5 Å². The summed E-state index contributed by atoms with van der Waals surface area (Å²) in [4.78, 5) is 51.6. The van der Waals surface area contributed by atoms with Crippen LogP contribution in [0.25, 0.3) is 11.9 Å². The van der Waals surface area contributed by atoms with E-state index in [2.05, 4.69) is 36.0 Å². The lowest BCUT2D eigenvalue weighted by Gasteiger charge is -2.21. The van der Waals surface area contributed by atoms with E-state index in [9.17, 15) is 14.4 Å². The molecule has 356 valence electrons. The molecule has 0 aliphatic heterocycles. The van der Waals surface area contributed by atoms with Crippen molar-refractivity contribution in [3.8, 4) is 11.9 Å². The fourth-order valence-electron chi connectivity index (χ4n) is 6.62. The molecule has 8 N–H and O–H groups in total. The number of hydrogen-bond acceptors (Lipinski definition) is 19. The number of benzene rings is 3. The van der Waals surface area contributed by atoms with Gasteiger partial charge in [0.15, 0.2) is 40.4 Å². The van der Waals surface area contributed by atoms with Gasteiger partial charge in [0, 0.05) is 32.9 Å². The highest BCUT2D eigenvalue weighted by Gasteiger charge is 2.31. The normalized spacial score (nSPS) is 12.8. The number of hydrogen-bond donors (Lipinski definition) is 5. The average Bonchev–Trinajstić information content (AvgIpc) is 3.80. The summed E-state index contributed by atoms with van der Waals surface area (Å²) >= 11 is 0. The standard InChI is InChI=1S/C48H56N18O3/c1-25(67)28-19-13-16-22-31(28)57-60-34(37(49)46(4,5)6)40(50)53-43-54-44(65-41(51)35(38(63-65)47(7,8)9)61-58-32-23-17-14-20-29(32)26(2)68)56-45(55-43)66-42(52)36(39(64-66)48(10,11)12)62-59-33-24-18-15-21-30(33)27(3)69/h13-24,49H,50-52H2,1-12H3,(H,53,54,55,56)/b40-34+,49-37?,60-57?,61-58?,62-59?. The number of nitrogen functional groups attached to an aromatic ring is 2. The molecule has 0 aliphatic rings. The molecule has 0 fully saturated rings. The Bertz CT molecular complexity index is 2990. The number of aromatic nitrogens is 7. The summed E-state index contributed by atoms with van der Waals surface area (Å²) in [7, 11) is 0. The van der Waals surface area contributed by atoms with Gasteiger partial charge in [0.25, 0.3) is 11.9 Å². The largest absolute Gasteiger partial charge is 0.383 e. The third-order valence-electron chi connectivity index (χ3n) is 10.3. The summed E-state index contributed by atoms with van der Waals surface area (Å²) < 4.78 is 2.50. The first kappa shape index (κ1) is 49.9. The molecular weight excluding hydrogens is 877 g/mol. The molecule has 3 aromatic heterocycles. The number of nitrogens with zero attached hydrogens (tertiary/aromatic N) is 13. The van der Waals surface area contributed by atoms with Crippen LogP contribution in [-0.4, -0.2) is 57.6 Å². The number of Topliss-reactive ketones (excluding diaryl/α,β-unsaturated/α-hetero) is 3. The van der Waals surface area contributed by atoms with Gasteiger partial charge in [-0.2, -0.15) is 34.5 Å².